The van der Waals surface area contributed by atoms with Crippen LogP contribution in [0.4, 0.5) is 0 Å². The summed E-state index contributed by atoms with van der Waals surface area (Å²) in [6.45, 7) is 8.10. The minimum Gasteiger partial charge on any atom is -0.304 e. The lowest BCUT2D eigenvalue weighted by Gasteiger charge is -2.23. The van der Waals surface area contributed by atoms with Crippen molar-refractivity contribution in [3.63, 3.8) is 0 Å². The van der Waals surface area contributed by atoms with Gasteiger partial charge in [0.05, 0.1) is 0 Å². The van der Waals surface area contributed by atoms with Crippen molar-refractivity contribution in [1.29, 1.82) is 0 Å². The average molecular weight is 171 g/mol. The first-order chi connectivity index (χ1) is 5.72. The van der Waals surface area contributed by atoms with Gasteiger partial charge < -0.3 is 4.90 Å². The molecule has 0 amide bonds. The van der Waals surface area contributed by atoms with E-state index in [1.54, 1.807) is 0 Å². The van der Waals surface area contributed by atoms with Crippen LogP contribution in [0.15, 0.2) is 0 Å². The first kappa shape index (κ1) is 12.0. The van der Waals surface area contributed by atoms with Crippen molar-refractivity contribution in [3.8, 4) is 0 Å². The van der Waals surface area contributed by atoms with Gasteiger partial charge in [-0.1, -0.05) is 33.1 Å². The summed E-state index contributed by atoms with van der Waals surface area (Å²) in [6, 6.07) is 0.756. The fourth-order valence-electron chi connectivity index (χ4n) is 1.32. The van der Waals surface area contributed by atoms with Crippen molar-refractivity contribution < 1.29 is 0 Å². The maximum Gasteiger partial charge on any atom is 0.00612 e. The Bertz CT molecular complexity index is 91.0. The van der Waals surface area contributed by atoms with E-state index in [0.717, 1.165) is 6.04 Å². The van der Waals surface area contributed by atoms with Gasteiger partial charge in [0, 0.05) is 6.04 Å². The van der Waals surface area contributed by atoms with E-state index in [1.165, 1.54) is 38.6 Å². The molecule has 0 aromatic heterocycles. The molecule has 74 valence electrons. The standard InChI is InChI=1S/C11H25N/c1-5-7-8-9-10-12(4)11(3)6-2/h11H,5-10H2,1-4H3. The molecule has 0 spiro atoms. The van der Waals surface area contributed by atoms with Crippen LogP contribution in [0.25, 0.3) is 0 Å². The molecule has 0 aromatic carbocycles. The van der Waals surface area contributed by atoms with Crippen molar-refractivity contribution in [3.05, 3.63) is 0 Å². The summed E-state index contributed by atoms with van der Waals surface area (Å²) in [5.74, 6) is 0. The third-order valence-corrected chi connectivity index (χ3v) is 2.71. The van der Waals surface area contributed by atoms with Gasteiger partial charge in [-0.15, -0.1) is 0 Å². The van der Waals surface area contributed by atoms with Crippen LogP contribution in [-0.4, -0.2) is 24.5 Å². The van der Waals surface area contributed by atoms with Crippen molar-refractivity contribution in [2.24, 2.45) is 0 Å². The van der Waals surface area contributed by atoms with E-state index in [0.29, 0.717) is 0 Å². The summed E-state index contributed by atoms with van der Waals surface area (Å²) in [6.07, 6.45) is 6.78. The van der Waals surface area contributed by atoms with Gasteiger partial charge >= 0.3 is 0 Å². The average Bonchev–Trinajstić information content (AvgIpc) is 2.10. The van der Waals surface area contributed by atoms with Crippen molar-refractivity contribution >= 4 is 0 Å². The van der Waals surface area contributed by atoms with Gasteiger partial charge in [-0.05, 0) is 33.4 Å². The van der Waals surface area contributed by atoms with Crippen molar-refractivity contribution in [2.75, 3.05) is 13.6 Å². The zero-order chi connectivity index (χ0) is 9.40. The normalized spacial score (nSPS) is 13.8. The van der Waals surface area contributed by atoms with Crippen LogP contribution in [0.1, 0.15) is 52.9 Å². The first-order valence-electron chi connectivity index (χ1n) is 5.42. The van der Waals surface area contributed by atoms with Crippen LogP contribution in [0.5, 0.6) is 0 Å². The predicted octanol–water partition coefficient (Wildman–Crippen LogP) is 3.30. The molecule has 1 heteroatoms. The summed E-state index contributed by atoms with van der Waals surface area (Å²) in [4.78, 5) is 2.47. The molecule has 0 aliphatic rings. The molecule has 0 aromatic rings. The maximum absolute atomic E-state index is 2.47. The molecular weight excluding hydrogens is 146 g/mol. The summed E-state index contributed by atoms with van der Waals surface area (Å²) in [5.41, 5.74) is 0. The Morgan fingerprint density at radius 2 is 1.75 bits per heavy atom. The quantitative estimate of drug-likeness (QED) is 0.531. The Morgan fingerprint density at radius 1 is 1.08 bits per heavy atom. The van der Waals surface area contributed by atoms with E-state index in [1.807, 2.05) is 0 Å². The summed E-state index contributed by atoms with van der Waals surface area (Å²) in [7, 11) is 2.24. The minimum absolute atomic E-state index is 0.756. The van der Waals surface area contributed by atoms with Gasteiger partial charge in [0.25, 0.3) is 0 Å². The van der Waals surface area contributed by atoms with Crippen LogP contribution in [0.3, 0.4) is 0 Å². The van der Waals surface area contributed by atoms with Gasteiger partial charge in [-0.25, -0.2) is 0 Å². The number of nitrogens with zero attached hydrogens (tertiary/aromatic N) is 1. The molecule has 12 heavy (non-hydrogen) atoms. The van der Waals surface area contributed by atoms with Crippen LogP contribution in [0, 0.1) is 0 Å². The van der Waals surface area contributed by atoms with E-state index in [2.05, 4.69) is 32.7 Å². The lowest BCUT2D eigenvalue weighted by molar-refractivity contribution is 0.246. The fourth-order valence-corrected chi connectivity index (χ4v) is 1.32. The topological polar surface area (TPSA) is 3.24 Å². The minimum atomic E-state index is 0.756. The Morgan fingerprint density at radius 3 is 2.25 bits per heavy atom. The molecule has 0 heterocycles. The van der Waals surface area contributed by atoms with Gasteiger partial charge in [-0.2, -0.15) is 0 Å². The highest BCUT2D eigenvalue weighted by atomic mass is 15.1. The summed E-state index contributed by atoms with van der Waals surface area (Å²) < 4.78 is 0. The number of rotatable bonds is 7. The maximum atomic E-state index is 2.47. The number of hydrogen-bond acceptors (Lipinski definition) is 1. The van der Waals surface area contributed by atoms with E-state index in [9.17, 15) is 0 Å². The van der Waals surface area contributed by atoms with Crippen LogP contribution in [-0.2, 0) is 0 Å². The van der Waals surface area contributed by atoms with Gasteiger partial charge in [0.1, 0.15) is 0 Å². The number of hydrogen-bond donors (Lipinski definition) is 0. The third-order valence-electron chi connectivity index (χ3n) is 2.71. The fraction of sp³-hybridized carbons (Fsp3) is 1.00. The number of unbranched alkanes of at least 4 members (excludes halogenated alkanes) is 3. The third kappa shape index (κ3) is 5.59. The van der Waals surface area contributed by atoms with Crippen LogP contribution in [0.2, 0.25) is 0 Å². The smallest absolute Gasteiger partial charge is 0.00612 e. The molecule has 1 unspecified atom stereocenters. The molecule has 0 saturated heterocycles. The Labute approximate surface area is 78.1 Å². The van der Waals surface area contributed by atoms with E-state index < -0.39 is 0 Å². The summed E-state index contributed by atoms with van der Waals surface area (Å²) in [5, 5.41) is 0. The molecule has 0 fully saturated rings. The first-order valence-corrected chi connectivity index (χ1v) is 5.42. The highest BCUT2D eigenvalue weighted by Gasteiger charge is 2.04. The SMILES string of the molecule is CCCCCCN(C)C(C)CC. The molecule has 1 nitrogen and oxygen atoms in total. The van der Waals surface area contributed by atoms with E-state index in [4.69, 9.17) is 0 Å². The molecule has 0 bridgehead atoms. The van der Waals surface area contributed by atoms with Crippen molar-refractivity contribution in [1.82, 2.24) is 4.90 Å². The van der Waals surface area contributed by atoms with E-state index >= 15 is 0 Å². The zero-order valence-corrected chi connectivity index (χ0v) is 9.27. The molecule has 0 N–H and O–H groups in total. The monoisotopic (exact) mass is 171 g/mol. The molecular formula is C11H25N. The lowest BCUT2D eigenvalue weighted by atomic mass is 10.2. The molecule has 0 aliphatic carbocycles. The van der Waals surface area contributed by atoms with Crippen LogP contribution >= 0.6 is 0 Å². The largest absolute Gasteiger partial charge is 0.304 e. The highest BCUT2D eigenvalue weighted by Crippen LogP contribution is 2.04. The van der Waals surface area contributed by atoms with Gasteiger partial charge in [0.15, 0.2) is 0 Å². The van der Waals surface area contributed by atoms with Gasteiger partial charge in [0.2, 0.25) is 0 Å². The van der Waals surface area contributed by atoms with Crippen LogP contribution < -0.4 is 0 Å². The molecule has 0 radical (unpaired) electrons. The van der Waals surface area contributed by atoms with Gasteiger partial charge in [-0.3, -0.25) is 0 Å². The molecule has 0 saturated carbocycles. The second-order valence-electron chi connectivity index (χ2n) is 3.80. The van der Waals surface area contributed by atoms with E-state index in [-0.39, 0.29) is 0 Å². The second-order valence-corrected chi connectivity index (χ2v) is 3.80. The molecule has 0 aliphatic heterocycles. The second kappa shape index (κ2) is 7.60. The zero-order valence-electron chi connectivity index (χ0n) is 9.27. The predicted molar refractivity (Wildman–Crippen MR) is 56.5 cm³/mol. The molecule has 0 rings (SSSR count). The molecule has 1 atom stereocenters. The highest BCUT2D eigenvalue weighted by molar-refractivity contribution is 4.60. The lowest BCUT2D eigenvalue weighted by Crippen LogP contribution is -2.29. The Kier molecular flexibility index (Phi) is 7.58. The van der Waals surface area contributed by atoms with Crippen molar-refractivity contribution in [2.45, 2.75) is 58.9 Å². The Balaban J connectivity index is 3.24. The summed E-state index contributed by atoms with van der Waals surface area (Å²) >= 11 is 0. The Hall–Kier alpha value is -0.0400.